The number of amides is 1. The number of anilines is 1. The minimum atomic E-state index is -0.543. The van der Waals surface area contributed by atoms with E-state index in [1.807, 2.05) is 0 Å². The number of hydrogen-bond acceptors (Lipinski definition) is 6. The van der Waals surface area contributed by atoms with Gasteiger partial charge in [0.25, 0.3) is 0 Å². The van der Waals surface area contributed by atoms with Crippen LogP contribution in [0.25, 0.3) is 0 Å². The molecular formula is C12H16N4O3. The van der Waals surface area contributed by atoms with Crippen molar-refractivity contribution in [3.05, 3.63) is 18.1 Å². The predicted molar refractivity (Wildman–Crippen MR) is 67.6 cm³/mol. The van der Waals surface area contributed by atoms with E-state index in [2.05, 4.69) is 25.3 Å². The Kier molecular flexibility index (Phi) is 3.94. The number of hydrogen-bond donors (Lipinski definition) is 2. The van der Waals surface area contributed by atoms with Crippen LogP contribution in [0.3, 0.4) is 0 Å². The number of methoxy groups -OCH3 is 1. The first-order chi connectivity index (χ1) is 9.10. The summed E-state index contributed by atoms with van der Waals surface area (Å²) < 4.78 is 4.52. The maximum absolute atomic E-state index is 11.7. The number of ether oxygens (including phenoxy) is 1. The quantitative estimate of drug-likeness (QED) is 0.745. The zero-order chi connectivity index (χ0) is 13.8. The Balaban J connectivity index is 1.90. The molecule has 2 rings (SSSR count). The fourth-order valence-electron chi connectivity index (χ4n) is 1.45. The Morgan fingerprint density at radius 3 is 2.63 bits per heavy atom. The highest BCUT2D eigenvalue weighted by Crippen LogP contribution is 2.18. The van der Waals surface area contributed by atoms with Crippen molar-refractivity contribution in [2.24, 2.45) is 0 Å². The third-order valence-electron chi connectivity index (χ3n) is 2.73. The van der Waals surface area contributed by atoms with Crippen molar-refractivity contribution in [1.29, 1.82) is 0 Å². The van der Waals surface area contributed by atoms with Gasteiger partial charge in [0.1, 0.15) is 11.9 Å². The lowest BCUT2D eigenvalue weighted by Crippen LogP contribution is -2.38. The molecule has 19 heavy (non-hydrogen) atoms. The molecule has 1 aromatic rings. The van der Waals surface area contributed by atoms with Crippen LogP contribution in [0.2, 0.25) is 0 Å². The van der Waals surface area contributed by atoms with Gasteiger partial charge in [0, 0.05) is 6.04 Å². The summed E-state index contributed by atoms with van der Waals surface area (Å²) in [5.41, 5.74) is 0.128. The molecule has 1 heterocycles. The summed E-state index contributed by atoms with van der Waals surface area (Å²) in [6, 6.07) is -0.0802. The van der Waals surface area contributed by atoms with E-state index in [1.54, 1.807) is 6.92 Å². The third kappa shape index (κ3) is 3.64. The normalized spacial score (nSPS) is 15.5. The highest BCUT2D eigenvalue weighted by Gasteiger charge is 2.25. The lowest BCUT2D eigenvalue weighted by molar-refractivity contribution is -0.121. The van der Waals surface area contributed by atoms with Crippen LogP contribution in [-0.2, 0) is 9.53 Å². The van der Waals surface area contributed by atoms with Gasteiger partial charge < -0.3 is 15.4 Å². The topological polar surface area (TPSA) is 93.2 Å². The summed E-state index contributed by atoms with van der Waals surface area (Å²) in [6.45, 7) is 1.74. The van der Waals surface area contributed by atoms with E-state index in [9.17, 15) is 9.59 Å². The van der Waals surface area contributed by atoms with Crippen LogP contribution in [0.1, 0.15) is 30.3 Å². The fourth-order valence-corrected chi connectivity index (χ4v) is 1.45. The van der Waals surface area contributed by atoms with Gasteiger partial charge in [0.15, 0.2) is 5.69 Å². The Morgan fingerprint density at radius 1 is 1.37 bits per heavy atom. The van der Waals surface area contributed by atoms with Crippen LogP contribution < -0.4 is 10.6 Å². The van der Waals surface area contributed by atoms with E-state index in [4.69, 9.17) is 0 Å². The van der Waals surface area contributed by atoms with Gasteiger partial charge in [-0.15, -0.1) is 0 Å². The molecule has 7 nitrogen and oxygen atoms in total. The summed E-state index contributed by atoms with van der Waals surface area (Å²) in [6.07, 6.45) is 4.80. The molecule has 7 heteroatoms. The molecule has 1 aliphatic rings. The van der Waals surface area contributed by atoms with Crippen LogP contribution in [0, 0.1) is 0 Å². The van der Waals surface area contributed by atoms with Crippen LogP contribution in [-0.4, -0.2) is 41.0 Å². The lowest BCUT2D eigenvalue weighted by Gasteiger charge is -2.13. The van der Waals surface area contributed by atoms with Gasteiger partial charge in [-0.25, -0.2) is 14.8 Å². The van der Waals surface area contributed by atoms with E-state index in [-0.39, 0.29) is 11.6 Å². The van der Waals surface area contributed by atoms with E-state index >= 15 is 0 Å². The Morgan fingerprint density at radius 2 is 2.11 bits per heavy atom. The molecule has 2 N–H and O–H groups in total. The molecule has 1 saturated carbocycles. The average molecular weight is 264 g/mol. The smallest absolute Gasteiger partial charge is 0.358 e. The molecule has 0 bridgehead atoms. The van der Waals surface area contributed by atoms with Crippen LogP contribution in [0.5, 0.6) is 0 Å². The van der Waals surface area contributed by atoms with E-state index in [1.165, 1.54) is 19.5 Å². The van der Waals surface area contributed by atoms with Gasteiger partial charge in [-0.1, -0.05) is 0 Å². The SMILES string of the molecule is COC(=O)c1cnc(NC(C)C(=O)NC2CC2)cn1. The fraction of sp³-hybridized carbons (Fsp3) is 0.500. The van der Waals surface area contributed by atoms with Gasteiger partial charge >= 0.3 is 5.97 Å². The van der Waals surface area contributed by atoms with E-state index < -0.39 is 12.0 Å². The second kappa shape index (κ2) is 5.64. The number of carbonyl (C=O) groups is 2. The van der Waals surface area contributed by atoms with Crippen molar-refractivity contribution >= 4 is 17.7 Å². The number of nitrogens with one attached hydrogen (secondary N) is 2. The van der Waals surface area contributed by atoms with Crippen molar-refractivity contribution in [1.82, 2.24) is 15.3 Å². The summed E-state index contributed by atoms with van der Waals surface area (Å²) in [5, 5.41) is 5.81. The molecule has 1 unspecified atom stereocenters. The number of nitrogens with zero attached hydrogens (tertiary/aromatic N) is 2. The largest absolute Gasteiger partial charge is 0.464 e. The zero-order valence-corrected chi connectivity index (χ0v) is 10.8. The second-order valence-electron chi connectivity index (χ2n) is 4.43. The van der Waals surface area contributed by atoms with Crippen molar-refractivity contribution in [3.8, 4) is 0 Å². The highest BCUT2D eigenvalue weighted by molar-refractivity contribution is 5.87. The Bertz CT molecular complexity index is 470. The van der Waals surface area contributed by atoms with E-state index in [0.29, 0.717) is 11.9 Å². The molecule has 0 spiro atoms. The first-order valence-electron chi connectivity index (χ1n) is 6.07. The molecule has 1 amide bonds. The van der Waals surface area contributed by atoms with Gasteiger partial charge in [-0.2, -0.15) is 0 Å². The number of rotatable bonds is 5. The van der Waals surface area contributed by atoms with Crippen molar-refractivity contribution in [3.63, 3.8) is 0 Å². The first kappa shape index (κ1) is 13.3. The molecule has 0 aromatic carbocycles. The molecule has 1 atom stereocenters. The summed E-state index contributed by atoms with van der Waals surface area (Å²) in [7, 11) is 1.28. The van der Waals surface area contributed by atoms with Crippen LogP contribution in [0.4, 0.5) is 5.82 Å². The third-order valence-corrected chi connectivity index (χ3v) is 2.73. The van der Waals surface area contributed by atoms with Crippen molar-refractivity contribution in [2.75, 3.05) is 12.4 Å². The van der Waals surface area contributed by atoms with Crippen molar-refractivity contribution in [2.45, 2.75) is 31.8 Å². The van der Waals surface area contributed by atoms with Crippen LogP contribution >= 0.6 is 0 Å². The zero-order valence-electron chi connectivity index (χ0n) is 10.8. The summed E-state index contributed by atoms with van der Waals surface area (Å²) in [4.78, 5) is 30.8. The summed E-state index contributed by atoms with van der Waals surface area (Å²) in [5.74, 6) is -0.175. The molecule has 0 radical (unpaired) electrons. The number of carbonyl (C=O) groups excluding carboxylic acids is 2. The molecule has 0 saturated heterocycles. The Labute approximate surface area is 110 Å². The first-order valence-corrected chi connectivity index (χ1v) is 6.07. The summed E-state index contributed by atoms with van der Waals surface area (Å²) >= 11 is 0. The molecule has 102 valence electrons. The molecule has 1 aliphatic carbocycles. The maximum atomic E-state index is 11.7. The highest BCUT2D eigenvalue weighted by atomic mass is 16.5. The van der Waals surface area contributed by atoms with Gasteiger partial charge in [-0.05, 0) is 19.8 Å². The molecule has 1 aromatic heterocycles. The predicted octanol–water partition coefficient (Wildman–Crippen LogP) is 0.342. The standard InChI is InChI=1S/C12H16N4O3/c1-7(11(17)16-8-3-4-8)15-10-6-13-9(5-14-10)12(18)19-2/h5-8H,3-4H2,1-2H3,(H,14,15)(H,16,17). The van der Waals surface area contributed by atoms with Crippen molar-refractivity contribution < 1.29 is 14.3 Å². The minimum Gasteiger partial charge on any atom is -0.464 e. The van der Waals surface area contributed by atoms with Gasteiger partial charge in [0.05, 0.1) is 19.5 Å². The minimum absolute atomic E-state index is 0.0682. The molecule has 0 aliphatic heterocycles. The Hall–Kier alpha value is -2.18. The van der Waals surface area contributed by atoms with Crippen LogP contribution in [0.15, 0.2) is 12.4 Å². The van der Waals surface area contributed by atoms with E-state index in [0.717, 1.165) is 12.8 Å². The monoisotopic (exact) mass is 264 g/mol. The number of esters is 1. The average Bonchev–Trinajstić information content (AvgIpc) is 3.22. The maximum Gasteiger partial charge on any atom is 0.358 e. The lowest BCUT2D eigenvalue weighted by atomic mass is 10.3. The van der Waals surface area contributed by atoms with Gasteiger partial charge in [-0.3, -0.25) is 4.79 Å². The second-order valence-corrected chi connectivity index (χ2v) is 4.43. The number of aromatic nitrogens is 2. The molecule has 1 fully saturated rings. The molecular weight excluding hydrogens is 248 g/mol. The van der Waals surface area contributed by atoms with Gasteiger partial charge in [0.2, 0.25) is 5.91 Å².